The topological polar surface area (TPSA) is 190 Å². The minimum Gasteiger partial charge on any atom is -0.504 e. The zero-order chi connectivity index (χ0) is 40.9. The fourth-order valence-electron chi connectivity index (χ4n) is 11.3. The van der Waals surface area contributed by atoms with Crippen LogP contribution in [0.5, 0.6) is 0 Å². The van der Waals surface area contributed by atoms with E-state index >= 15 is 0 Å². The van der Waals surface area contributed by atoms with E-state index in [-0.39, 0.29) is 35.3 Å². The largest absolute Gasteiger partial charge is 0.504 e. The molecule has 13 heteroatoms. The molecule has 4 aliphatic carbocycles. The highest BCUT2D eigenvalue weighted by Gasteiger charge is 2.89. The third-order valence-electron chi connectivity index (χ3n) is 13.6. The number of carbonyl (C=O) groups excluding carboxylic acids is 5. The number of epoxide rings is 1. The Morgan fingerprint density at radius 1 is 1.00 bits per heavy atom. The summed E-state index contributed by atoms with van der Waals surface area (Å²) >= 11 is 0. The smallest absolute Gasteiger partial charge is 0.413 e. The molecule has 13 nitrogen and oxygen atoms in total. The summed E-state index contributed by atoms with van der Waals surface area (Å²) in [4.78, 5) is 70.3. The van der Waals surface area contributed by atoms with Gasteiger partial charge >= 0.3 is 12.1 Å². The number of aliphatic hydroxyl groups is 1. The minimum atomic E-state index is -1.17. The van der Waals surface area contributed by atoms with Crippen LogP contribution in [0.2, 0.25) is 0 Å². The number of aliphatic hydroxyl groups excluding tert-OH is 1. The molecule has 296 valence electrons. The van der Waals surface area contributed by atoms with Gasteiger partial charge in [-0.15, -0.1) is 0 Å². The van der Waals surface area contributed by atoms with Crippen molar-refractivity contribution in [3.63, 3.8) is 0 Å². The number of aromatic nitrogens is 2. The number of carbonyl (C=O) groups is 5. The first-order valence-electron chi connectivity index (χ1n) is 19.0. The maximum atomic E-state index is 14.3. The van der Waals surface area contributed by atoms with Crippen molar-refractivity contribution in [1.29, 1.82) is 0 Å². The molecule has 8 unspecified atom stereocenters. The molecule has 1 aliphatic heterocycles. The van der Waals surface area contributed by atoms with Gasteiger partial charge in [0.25, 0.3) is 0 Å². The molecule has 1 saturated heterocycles. The highest BCUT2D eigenvalue weighted by Crippen LogP contribution is 2.81. The first-order chi connectivity index (χ1) is 26.9. The first-order valence-corrected chi connectivity index (χ1v) is 19.0. The van der Waals surface area contributed by atoms with Crippen molar-refractivity contribution in [2.75, 3.05) is 12.4 Å². The van der Waals surface area contributed by atoms with E-state index in [9.17, 15) is 29.1 Å². The van der Waals surface area contributed by atoms with Crippen LogP contribution in [0.3, 0.4) is 0 Å². The molecular weight excluding hydrogens is 730 g/mol. The number of esters is 1. The second-order valence-corrected chi connectivity index (χ2v) is 16.9. The fourth-order valence-corrected chi connectivity index (χ4v) is 11.3. The van der Waals surface area contributed by atoms with Gasteiger partial charge in [0, 0.05) is 34.8 Å². The van der Waals surface area contributed by atoms with Crippen LogP contribution in [0.15, 0.2) is 95.0 Å². The molecule has 5 aliphatic rings. The average Bonchev–Trinajstić information content (AvgIpc) is 3.43. The number of allylic oxidation sites excluding steroid dienone is 4. The molecule has 2 saturated carbocycles. The summed E-state index contributed by atoms with van der Waals surface area (Å²) in [5.74, 6) is -1.64. The monoisotopic (exact) mass is 775 g/mol. The van der Waals surface area contributed by atoms with Gasteiger partial charge in [0.1, 0.15) is 11.7 Å². The standard InChI is InChI=1S/C28H32O7.C16H13N3O3/c1-14(29)34-17-12-26(5)16(15-8-10-33-13-15)11-19-28(26,35-19)27(6)21(17)25(4)9-7-18(30)24(2,3)22(25)20(31)23(27)32;1-22-16(21)19-15-17-12-8-7-11(9-13(12)18-15)14(20)10-5-3-2-4-6-10/h7-10,13,16-17,19,21,31H,11-12H2,1-6H3;2-9H,1H3,(H2,17,18,19,21). The van der Waals surface area contributed by atoms with E-state index in [2.05, 4.69) is 26.9 Å². The summed E-state index contributed by atoms with van der Waals surface area (Å²) in [5, 5.41) is 14.0. The average molecular weight is 776 g/mol. The molecular formula is C44H45N3O10. The Kier molecular flexibility index (Phi) is 8.58. The molecule has 3 fully saturated rings. The molecule has 0 bridgehead atoms. The number of imidazole rings is 1. The van der Waals surface area contributed by atoms with Crippen molar-refractivity contribution in [3.05, 3.63) is 107 Å². The van der Waals surface area contributed by atoms with Crippen LogP contribution in [0.25, 0.3) is 11.0 Å². The van der Waals surface area contributed by atoms with Crippen LogP contribution in [-0.4, -0.2) is 69.4 Å². The van der Waals surface area contributed by atoms with Crippen LogP contribution in [-0.2, 0) is 28.6 Å². The number of rotatable bonds is 5. The van der Waals surface area contributed by atoms with Gasteiger partial charge in [-0.1, -0.05) is 50.3 Å². The Bertz CT molecular complexity index is 2410. The molecule has 1 spiro atoms. The number of aromatic amines is 1. The Balaban J connectivity index is 0.000000178. The molecule has 3 heterocycles. The number of furan rings is 1. The number of hydrogen-bond donors (Lipinski definition) is 3. The number of Topliss-reactive ketones (excluding diaryl/α,β-unsaturated/α-hetero) is 1. The number of nitrogens with one attached hydrogen (secondary N) is 2. The lowest BCUT2D eigenvalue weighted by atomic mass is 9.38. The van der Waals surface area contributed by atoms with E-state index in [0.717, 1.165) is 5.56 Å². The second-order valence-electron chi connectivity index (χ2n) is 16.9. The van der Waals surface area contributed by atoms with Crippen LogP contribution >= 0.6 is 0 Å². The Labute approximate surface area is 328 Å². The van der Waals surface area contributed by atoms with E-state index in [1.807, 2.05) is 38.1 Å². The van der Waals surface area contributed by atoms with E-state index in [4.69, 9.17) is 13.9 Å². The van der Waals surface area contributed by atoms with Gasteiger partial charge < -0.3 is 28.7 Å². The van der Waals surface area contributed by atoms with E-state index in [1.165, 1.54) is 14.0 Å². The quantitative estimate of drug-likeness (QED) is 0.104. The lowest BCUT2D eigenvalue weighted by Crippen LogP contribution is -2.70. The predicted octanol–water partition coefficient (Wildman–Crippen LogP) is 7.41. The van der Waals surface area contributed by atoms with Crippen molar-refractivity contribution in [2.45, 2.75) is 78.1 Å². The van der Waals surface area contributed by atoms with E-state index in [1.54, 1.807) is 68.9 Å². The van der Waals surface area contributed by atoms with Crippen molar-refractivity contribution in [2.24, 2.45) is 27.6 Å². The van der Waals surface area contributed by atoms with E-state index in [0.29, 0.717) is 40.6 Å². The number of ether oxygens (including phenoxy) is 3. The van der Waals surface area contributed by atoms with Crippen LogP contribution in [0.4, 0.5) is 10.7 Å². The van der Waals surface area contributed by atoms with E-state index < -0.39 is 57.1 Å². The zero-order valence-electron chi connectivity index (χ0n) is 32.8. The fraction of sp³-hybridized carbons (Fsp3) is 0.409. The second kappa shape index (κ2) is 12.9. The summed E-state index contributed by atoms with van der Waals surface area (Å²) < 4.78 is 22.4. The molecule has 9 rings (SSSR count). The van der Waals surface area contributed by atoms with Gasteiger partial charge in [0.05, 0.1) is 47.6 Å². The van der Waals surface area contributed by atoms with Gasteiger partial charge in [-0.3, -0.25) is 24.5 Å². The number of fused-ring (bicyclic) bond motifs is 4. The third kappa shape index (κ3) is 5.30. The molecule has 1 amide bonds. The SMILES string of the molecule is CC(=O)OC1CC2(C)C(c3ccoc3)CC3OC32C2(C)C(=O)C(O)=C3C(C)(C)C(=O)C=CC3(C)C12.COC(=O)Nc1nc2ccc(C(=O)c3ccccc3)cc2[nH]1. The van der Waals surface area contributed by atoms with Gasteiger partial charge in [0.2, 0.25) is 11.7 Å². The number of benzene rings is 2. The third-order valence-corrected chi connectivity index (χ3v) is 13.6. The number of anilines is 1. The number of H-pyrrole nitrogens is 1. The normalized spacial score (nSPS) is 32.9. The minimum absolute atomic E-state index is 0.0453. The summed E-state index contributed by atoms with van der Waals surface area (Å²) in [6, 6.07) is 16.1. The number of hydrogen-bond acceptors (Lipinski definition) is 11. The van der Waals surface area contributed by atoms with Crippen molar-refractivity contribution < 1.29 is 47.7 Å². The predicted molar refractivity (Wildman–Crippen MR) is 206 cm³/mol. The highest BCUT2D eigenvalue weighted by molar-refractivity contribution is 6.10. The van der Waals surface area contributed by atoms with Gasteiger partial charge in [0.15, 0.2) is 17.3 Å². The molecule has 8 atom stereocenters. The van der Waals surface area contributed by atoms with Crippen molar-refractivity contribution in [1.82, 2.24) is 9.97 Å². The molecule has 4 aromatic rings. The Hall–Kier alpha value is -5.82. The molecule has 3 N–H and O–H groups in total. The number of ketones is 3. The molecule has 2 aromatic heterocycles. The van der Waals surface area contributed by atoms with Gasteiger partial charge in [-0.05, 0) is 81.0 Å². The number of methoxy groups -OCH3 is 1. The summed E-state index contributed by atoms with van der Waals surface area (Å²) in [5.41, 5.74) is -0.581. The first kappa shape index (κ1) is 38.1. The maximum absolute atomic E-state index is 14.3. The van der Waals surface area contributed by atoms with Crippen molar-refractivity contribution >= 4 is 46.4 Å². The number of nitrogens with zero attached hydrogens (tertiary/aromatic N) is 1. The molecule has 2 aromatic carbocycles. The Morgan fingerprint density at radius 2 is 1.74 bits per heavy atom. The molecule has 57 heavy (non-hydrogen) atoms. The Morgan fingerprint density at radius 3 is 2.40 bits per heavy atom. The maximum Gasteiger partial charge on any atom is 0.413 e. The van der Waals surface area contributed by atoms with Gasteiger partial charge in [-0.25, -0.2) is 9.78 Å². The van der Waals surface area contributed by atoms with Crippen LogP contribution < -0.4 is 5.32 Å². The summed E-state index contributed by atoms with van der Waals surface area (Å²) in [6.07, 6.45) is 6.56. The van der Waals surface area contributed by atoms with Crippen LogP contribution in [0, 0.1) is 27.6 Å². The number of amides is 1. The summed E-state index contributed by atoms with van der Waals surface area (Å²) in [7, 11) is 1.27. The van der Waals surface area contributed by atoms with Gasteiger partial charge in [-0.2, -0.15) is 0 Å². The highest BCUT2D eigenvalue weighted by atomic mass is 16.6. The lowest BCUT2D eigenvalue weighted by Gasteiger charge is -2.64. The lowest BCUT2D eigenvalue weighted by molar-refractivity contribution is -0.200. The van der Waals surface area contributed by atoms with Crippen LogP contribution in [0.1, 0.15) is 81.8 Å². The zero-order valence-corrected chi connectivity index (χ0v) is 32.8. The van der Waals surface area contributed by atoms with Crippen molar-refractivity contribution in [3.8, 4) is 0 Å². The summed E-state index contributed by atoms with van der Waals surface area (Å²) in [6.45, 7) is 10.8. The molecule has 0 radical (unpaired) electrons.